The van der Waals surface area contributed by atoms with Crippen LogP contribution < -0.4 is 7.80 Å². The number of aldehydes is 1. The molecule has 0 N–H and O–H groups in total. The van der Waals surface area contributed by atoms with E-state index >= 15 is 8.78 Å². The lowest BCUT2D eigenvalue weighted by Crippen LogP contribution is -2.16. The number of benzene rings is 1. The van der Waals surface area contributed by atoms with E-state index < -0.39 is 17.0 Å². The fourth-order valence-corrected chi connectivity index (χ4v) is 4.22. The number of carbonyl (C=O) groups excluding carboxylic acids is 1. The number of hydrogen-bond acceptors (Lipinski definition) is 7. The Hall–Kier alpha value is -2.54. The van der Waals surface area contributed by atoms with Crippen molar-refractivity contribution in [3.05, 3.63) is 41.9 Å². The number of nitrogens with zero attached hydrogens (tertiary/aromatic N) is 4. The Labute approximate surface area is 206 Å². The molecular formula is C22H19F2IN4O3S. The Morgan fingerprint density at radius 3 is 2.55 bits per heavy atom. The molecule has 3 heterocycles. The van der Waals surface area contributed by atoms with Crippen LogP contribution in [0, 0.1) is 17.0 Å². The summed E-state index contributed by atoms with van der Waals surface area (Å²) in [5.41, 5.74) is 0.581. The van der Waals surface area contributed by atoms with E-state index in [9.17, 15) is 4.79 Å². The third-order valence-corrected chi connectivity index (χ3v) is 6.18. The summed E-state index contributed by atoms with van der Waals surface area (Å²) >= 11 is 2.90. The van der Waals surface area contributed by atoms with E-state index in [2.05, 4.69) is 15.0 Å². The third kappa shape index (κ3) is 4.23. The molecule has 0 saturated heterocycles. The van der Waals surface area contributed by atoms with Crippen LogP contribution in [0.4, 0.5) is 8.78 Å². The van der Waals surface area contributed by atoms with Crippen molar-refractivity contribution in [1.82, 2.24) is 19.4 Å². The van der Waals surface area contributed by atoms with Gasteiger partial charge in [-0.3, -0.25) is 4.40 Å². The molecule has 0 radical (unpaired) electrons. The molecule has 0 spiro atoms. The van der Waals surface area contributed by atoms with Gasteiger partial charge in [-0.25, -0.2) is 23.7 Å². The quantitative estimate of drug-likeness (QED) is 0.124. The number of halogens is 3. The van der Waals surface area contributed by atoms with Crippen molar-refractivity contribution in [1.29, 1.82) is 0 Å². The summed E-state index contributed by atoms with van der Waals surface area (Å²) < 4.78 is 42.6. The van der Waals surface area contributed by atoms with Crippen LogP contribution in [-0.4, -0.2) is 39.0 Å². The largest absolute Gasteiger partial charge is 0.494 e. The summed E-state index contributed by atoms with van der Waals surface area (Å²) in [5, 5.41) is 1.10. The highest BCUT2D eigenvalue weighted by molar-refractivity contribution is 14.1. The maximum absolute atomic E-state index is 15.4. The Balaban J connectivity index is 2.11. The van der Waals surface area contributed by atoms with E-state index in [0.29, 0.717) is 28.3 Å². The highest BCUT2D eigenvalue weighted by Gasteiger charge is 2.26. The fourth-order valence-electron chi connectivity index (χ4n) is 3.57. The number of aromatic nitrogens is 4. The number of methoxy groups -OCH3 is 1. The Bertz CT molecular complexity index is 1370. The molecule has 4 aromatic rings. The second-order valence-electron chi connectivity index (χ2n) is 8.06. The maximum atomic E-state index is 15.4. The summed E-state index contributed by atoms with van der Waals surface area (Å²) in [5.74, 6) is -2.11. The molecule has 0 unspecified atom stereocenters. The molecule has 0 aliphatic heterocycles. The van der Waals surface area contributed by atoms with E-state index in [1.54, 1.807) is 36.7 Å². The minimum atomic E-state index is -0.886. The fraction of sp³-hybridized carbons (Fsp3) is 0.273. The van der Waals surface area contributed by atoms with Crippen LogP contribution in [0.5, 0.6) is 11.5 Å². The van der Waals surface area contributed by atoms with Gasteiger partial charge in [0, 0.05) is 41.2 Å². The van der Waals surface area contributed by atoms with Gasteiger partial charge in [-0.1, -0.05) is 25.6 Å². The molecule has 0 fully saturated rings. The van der Waals surface area contributed by atoms with Gasteiger partial charge in [0.1, 0.15) is 17.6 Å². The van der Waals surface area contributed by atoms with E-state index in [0.717, 1.165) is 12.4 Å². The van der Waals surface area contributed by atoms with Gasteiger partial charge in [-0.2, -0.15) is 0 Å². The zero-order valence-corrected chi connectivity index (χ0v) is 21.1. The molecule has 0 atom stereocenters. The Kier molecular flexibility index (Phi) is 6.45. The molecule has 0 amide bonds. The minimum absolute atomic E-state index is 0.167. The van der Waals surface area contributed by atoms with Gasteiger partial charge in [0.2, 0.25) is 0 Å². The van der Waals surface area contributed by atoms with E-state index in [4.69, 9.17) is 7.80 Å². The van der Waals surface area contributed by atoms with E-state index in [1.807, 2.05) is 6.26 Å². The van der Waals surface area contributed by atoms with Crippen molar-refractivity contribution in [2.45, 2.75) is 25.4 Å². The van der Waals surface area contributed by atoms with Gasteiger partial charge >= 0.3 is 0 Å². The molecule has 11 heteroatoms. The normalized spacial score (nSPS) is 11.8. The monoisotopic (exact) mass is 584 g/mol. The van der Waals surface area contributed by atoms with Crippen LogP contribution in [0.3, 0.4) is 0 Å². The summed E-state index contributed by atoms with van der Waals surface area (Å²) in [6.07, 6.45) is 6.37. The van der Waals surface area contributed by atoms with Crippen molar-refractivity contribution >= 4 is 57.7 Å². The van der Waals surface area contributed by atoms with Gasteiger partial charge in [0.05, 0.1) is 18.4 Å². The first-order valence-corrected chi connectivity index (χ1v) is 11.9. The number of fused-ring (bicyclic) bond motifs is 3. The molecule has 172 valence electrons. The number of hydrogen-bond donors (Lipinski definition) is 0. The topological polar surface area (TPSA) is 78.6 Å². The molecule has 33 heavy (non-hydrogen) atoms. The molecule has 0 saturated carbocycles. The van der Waals surface area contributed by atoms with E-state index in [1.165, 1.54) is 41.9 Å². The molecule has 3 aromatic heterocycles. The minimum Gasteiger partial charge on any atom is -0.494 e. The average molecular weight is 584 g/mol. The van der Waals surface area contributed by atoms with Crippen LogP contribution in [0.15, 0.2) is 29.7 Å². The molecular weight excluding hydrogens is 565 g/mol. The summed E-state index contributed by atoms with van der Waals surface area (Å²) in [6, 6.07) is 2.74. The predicted molar refractivity (Wildman–Crippen MR) is 130 cm³/mol. The van der Waals surface area contributed by atoms with Gasteiger partial charge < -0.3 is 12.6 Å². The number of thioether (sulfide) groups is 1. The molecule has 0 aliphatic rings. The highest BCUT2D eigenvalue weighted by Crippen LogP contribution is 2.41. The van der Waals surface area contributed by atoms with Crippen molar-refractivity contribution in [2.24, 2.45) is 5.41 Å². The van der Waals surface area contributed by atoms with Crippen molar-refractivity contribution < 1.29 is 21.4 Å². The zero-order chi connectivity index (χ0) is 23.9. The second-order valence-corrected chi connectivity index (χ2v) is 9.27. The van der Waals surface area contributed by atoms with Gasteiger partial charge in [0.25, 0.3) is 0 Å². The number of rotatable bonds is 7. The van der Waals surface area contributed by atoms with Gasteiger partial charge in [-0.05, 0) is 12.3 Å². The van der Waals surface area contributed by atoms with Crippen LogP contribution in [0.2, 0.25) is 0 Å². The Morgan fingerprint density at radius 1 is 1.18 bits per heavy atom. The van der Waals surface area contributed by atoms with Crippen molar-refractivity contribution in [3.63, 3.8) is 0 Å². The van der Waals surface area contributed by atoms with Crippen LogP contribution in [0.25, 0.3) is 27.8 Å². The van der Waals surface area contributed by atoms with Crippen LogP contribution in [-0.2, 0) is 11.2 Å². The number of imidazole rings is 1. The van der Waals surface area contributed by atoms with Crippen molar-refractivity contribution in [3.8, 4) is 22.6 Å². The molecule has 0 bridgehead atoms. The first-order valence-electron chi connectivity index (χ1n) is 9.76. The number of carbonyl (C=O) groups is 1. The summed E-state index contributed by atoms with van der Waals surface area (Å²) in [4.78, 5) is 25.0. The van der Waals surface area contributed by atoms with Gasteiger partial charge in [-0.15, -0.1) is 0 Å². The lowest BCUT2D eigenvalue weighted by molar-refractivity contribution is -0.114. The van der Waals surface area contributed by atoms with Crippen molar-refractivity contribution in [2.75, 3.05) is 13.4 Å². The standard InChI is InChI=1S/C22H19F2IN4O3S/c1-22(2,10-30)7-12-9-29-19-11(8-26-21(28-19)33-4)5-13(20(29)27-12)16-17(23)14(31-3)6-15(32-25)18(16)24/h5-6,8-10H,7H2,1-4H3. The summed E-state index contributed by atoms with van der Waals surface area (Å²) in [7, 11) is 1.29. The highest BCUT2D eigenvalue weighted by atomic mass is 127. The first-order chi connectivity index (χ1) is 15.7. The number of ether oxygens (including phenoxy) is 1. The molecule has 7 nitrogen and oxygen atoms in total. The third-order valence-electron chi connectivity index (χ3n) is 5.14. The second kappa shape index (κ2) is 9.01. The predicted octanol–water partition coefficient (Wildman–Crippen LogP) is 5.45. The lowest BCUT2D eigenvalue weighted by atomic mass is 9.90. The van der Waals surface area contributed by atoms with Crippen LogP contribution in [0.1, 0.15) is 19.5 Å². The zero-order valence-electron chi connectivity index (χ0n) is 18.1. The van der Waals surface area contributed by atoms with Gasteiger partial charge in [0.15, 0.2) is 51.3 Å². The SMILES string of the molecule is COc1cc(OI)c(F)c(-c2cc3cnc(SC)nc3n3cc(CC(C)(C)C=O)nc23)c1F. The average Bonchev–Trinajstić information content (AvgIpc) is 3.22. The summed E-state index contributed by atoms with van der Waals surface area (Å²) in [6.45, 7) is 3.59. The first kappa shape index (κ1) is 23.6. The lowest BCUT2D eigenvalue weighted by Gasteiger charge is -2.14. The Morgan fingerprint density at radius 2 is 1.91 bits per heavy atom. The maximum Gasteiger partial charge on any atom is 0.192 e. The van der Waals surface area contributed by atoms with E-state index in [-0.39, 0.29) is 28.3 Å². The molecule has 4 rings (SSSR count). The molecule has 0 aliphatic carbocycles. The van der Waals surface area contributed by atoms with Crippen LogP contribution >= 0.6 is 34.8 Å². The smallest absolute Gasteiger partial charge is 0.192 e. The number of pyridine rings is 1. The molecule has 1 aromatic carbocycles.